The van der Waals surface area contributed by atoms with Gasteiger partial charge in [-0.3, -0.25) is 9.80 Å². The summed E-state index contributed by atoms with van der Waals surface area (Å²) in [6, 6.07) is 14.4. The van der Waals surface area contributed by atoms with Crippen LogP contribution in [-0.2, 0) is 6.42 Å². The molecule has 4 aromatic rings. The van der Waals surface area contributed by atoms with Gasteiger partial charge in [0.1, 0.15) is 0 Å². The van der Waals surface area contributed by atoms with Gasteiger partial charge in [0.2, 0.25) is 5.95 Å². The number of benzene rings is 1. The van der Waals surface area contributed by atoms with E-state index in [1.165, 1.54) is 12.3 Å². The van der Waals surface area contributed by atoms with Crippen LogP contribution >= 0.6 is 11.6 Å². The number of aromatic nitrogens is 3. The van der Waals surface area contributed by atoms with Crippen LogP contribution < -0.4 is 5.01 Å². The Hall–Kier alpha value is -3.45. The van der Waals surface area contributed by atoms with E-state index in [-0.39, 0.29) is 5.91 Å². The number of amides is 1. The minimum absolute atomic E-state index is 0.178. The van der Waals surface area contributed by atoms with Crippen molar-refractivity contribution in [1.29, 1.82) is 0 Å². The van der Waals surface area contributed by atoms with E-state index in [9.17, 15) is 9.18 Å². The molecule has 0 atom stereocenters. The number of halogens is 2. The van der Waals surface area contributed by atoms with Gasteiger partial charge in [0.05, 0.1) is 16.2 Å². The van der Waals surface area contributed by atoms with Crippen molar-refractivity contribution in [3.63, 3.8) is 0 Å². The topological polar surface area (TPSA) is 53.7 Å². The third kappa shape index (κ3) is 3.17. The third-order valence-corrected chi connectivity index (χ3v) is 5.54. The molecule has 1 aromatic carbocycles. The van der Waals surface area contributed by atoms with Crippen LogP contribution in [0.4, 0.5) is 10.1 Å². The number of hydrogen-bond donors (Lipinski definition) is 0. The maximum absolute atomic E-state index is 13.5. The van der Waals surface area contributed by atoms with E-state index in [0.717, 1.165) is 27.9 Å². The number of fused-ring (bicyclic) bond motifs is 2. The van der Waals surface area contributed by atoms with Crippen molar-refractivity contribution >= 4 is 28.7 Å². The average molecular weight is 422 g/mol. The van der Waals surface area contributed by atoms with E-state index >= 15 is 0 Å². The molecule has 0 saturated heterocycles. The summed E-state index contributed by atoms with van der Waals surface area (Å²) in [7, 11) is 1.86. The molecule has 3 aromatic heterocycles. The molecule has 6 nitrogen and oxygen atoms in total. The van der Waals surface area contributed by atoms with Crippen molar-refractivity contribution < 1.29 is 9.18 Å². The van der Waals surface area contributed by atoms with Gasteiger partial charge in [0, 0.05) is 32.1 Å². The lowest BCUT2D eigenvalue weighted by Crippen LogP contribution is -2.48. The molecule has 1 aliphatic rings. The molecule has 0 fully saturated rings. The molecule has 30 heavy (non-hydrogen) atoms. The monoisotopic (exact) mass is 421 g/mol. The minimum atomic E-state index is -0.507. The first-order valence-corrected chi connectivity index (χ1v) is 9.83. The lowest BCUT2D eigenvalue weighted by atomic mass is 9.99. The zero-order valence-electron chi connectivity index (χ0n) is 16.1. The first-order valence-electron chi connectivity index (χ1n) is 9.45. The summed E-state index contributed by atoms with van der Waals surface area (Å²) in [5, 5.41) is 8.45. The summed E-state index contributed by atoms with van der Waals surface area (Å²) in [5.74, 6) is -0.684. The highest BCUT2D eigenvalue weighted by Crippen LogP contribution is 2.32. The number of hydrazine groups is 1. The number of carbonyl (C=O) groups excluding carboxylic acids is 1. The highest BCUT2D eigenvalue weighted by molar-refractivity contribution is 6.30. The Balaban J connectivity index is 1.44. The number of carbonyl (C=O) groups is 1. The molecule has 150 valence electrons. The van der Waals surface area contributed by atoms with Crippen LogP contribution in [0.3, 0.4) is 0 Å². The van der Waals surface area contributed by atoms with E-state index < -0.39 is 5.95 Å². The maximum atomic E-state index is 13.5. The van der Waals surface area contributed by atoms with Crippen LogP contribution in [0.15, 0.2) is 60.9 Å². The minimum Gasteiger partial charge on any atom is -0.285 e. The molecule has 8 heteroatoms. The van der Waals surface area contributed by atoms with E-state index in [2.05, 4.69) is 10.1 Å². The van der Waals surface area contributed by atoms with Crippen LogP contribution in [0, 0.1) is 5.95 Å². The molecule has 5 rings (SSSR count). The highest BCUT2D eigenvalue weighted by Gasteiger charge is 2.28. The standard InChI is InChI=1S/C22H17ClFN5O/c1-27-20-5-2-14(15-6-8-25-21(24)11-15)10-16(20)7-9-29(27)22(30)19-12-18-4-3-17(23)13-28(18)26-19/h2-6,8,10-13H,7,9H2,1H3. The Bertz CT molecular complexity index is 1290. The number of pyridine rings is 2. The van der Waals surface area contributed by atoms with Crippen molar-refractivity contribution in [2.75, 3.05) is 18.6 Å². The Kier molecular flexibility index (Phi) is 4.40. The lowest BCUT2D eigenvalue weighted by molar-refractivity contribution is 0.0732. The first-order chi connectivity index (χ1) is 14.5. The molecule has 4 heterocycles. The van der Waals surface area contributed by atoms with Gasteiger partial charge in [0.25, 0.3) is 5.91 Å². The average Bonchev–Trinajstić information content (AvgIpc) is 3.16. The Morgan fingerprint density at radius 2 is 1.93 bits per heavy atom. The number of rotatable bonds is 2. The molecular weight excluding hydrogens is 405 g/mol. The zero-order valence-corrected chi connectivity index (χ0v) is 16.8. The fourth-order valence-corrected chi connectivity index (χ4v) is 3.96. The molecular formula is C22H17ClFN5O. The Morgan fingerprint density at radius 1 is 1.10 bits per heavy atom. The second-order valence-corrected chi connectivity index (χ2v) is 7.60. The number of hydrogen-bond acceptors (Lipinski definition) is 4. The maximum Gasteiger partial charge on any atom is 0.292 e. The lowest BCUT2D eigenvalue weighted by Gasteiger charge is -2.38. The van der Waals surface area contributed by atoms with E-state index in [1.807, 2.05) is 36.3 Å². The molecule has 0 radical (unpaired) electrons. The summed E-state index contributed by atoms with van der Waals surface area (Å²) in [6.45, 7) is 0.519. The van der Waals surface area contributed by atoms with Gasteiger partial charge in [-0.2, -0.15) is 9.49 Å². The smallest absolute Gasteiger partial charge is 0.285 e. The number of anilines is 1. The molecule has 1 aliphatic heterocycles. The molecule has 0 N–H and O–H groups in total. The molecule has 1 amide bonds. The highest BCUT2D eigenvalue weighted by atomic mass is 35.5. The molecule has 0 spiro atoms. The van der Waals surface area contributed by atoms with E-state index in [0.29, 0.717) is 23.7 Å². The van der Waals surface area contributed by atoms with Gasteiger partial charge >= 0.3 is 0 Å². The first kappa shape index (κ1) is 18.6. The van der Waals surface area contributed by atoms with Crippen LogP contribution in [0.1, 0.15) is 16.1 Å². The van der Waals surface area contributed by atoms with Crippen molar-refractivity contribution in [1.82, 2.24) is 19.6 Å². The van der Waals surface area contributed by atoms with Gasteiger partial charge < -0.3 is 0 Å². The number of nitrogens with zero attached hydrogens (tertiary/aromatic N) is 5. The largest absolute Gasteiger partial charge is 0.292 e. The van der Waals surface area contributed by atoms with Crippen molar-refractivity contribution in [2.45, 2.75) is 6.42 Å². The van der Waals surface area contributed by atoms with Gasteiger partial charge in [-0.1, -0.05) is 17.7 Å². The molecule has 0 bridgehead atoms. The fraction of sp³-hybridized carbons (Fsp3) is 0.136. The van der Waals surface area contributed by atoms with Gasteiger partial charge in [-0.25, -0.2) is 14.5 Å². The Labute approximate surface area is 177 Å². The molecule has 0 aliphatic carbocycles. The fourth-order valence-electron chi connectivity index (χ4n) is 3.81. The van der Waals surface area contributed by atoms with Crippen molar-refractivity contribution in [3.05, 3.63) is 83.2 Å². The summed E-state index contributed by atoms with van der Waals surface area (Å²) in [4.78, 5) is 16.7. The van der Waals surface area contributed by atoms with Crippen LogP contribution in [-0.4, -0.2) is 39.1 Å². The molecule has 0 saturated carbocycles. The van der Waals surface area contributed by atoms with Crippen LogP contribution in [0.2, 0.25) is 5.02 Å². The second kappa shape index (κ2) is 7.11. The van der Waals surface area contributed by atoms with Crippen LogP contribution in [0.25, 0.3) is 16.6 Å². The summed E-state index contributed by atoms with van der Waals surface area (Å²) < 4.78 is 15.1. The normalized spacial score (nSPS) is 13.6. The summed E-state index contributed by atoms with van der Waals surface area (Å²) in [5.41, 5.74) is 4.88. The third-order valence-electron chi connectivity index (χ3n) is 5.32. The van der Waals surface area contributed by atoms with Gasteiger partial charge in [-0.15, -0.1) is 0 Å². The predicted molar refractivity (Wildman–Crippen MR) is 113 cm³/mol. The van der Waals surface area contributed by atoms with E-state index in [4.69, 9.17) is 11.6 Å². The SMILES string of the molecule is CN1c2ccc(-c3ccnc(F)c3)cc2CCN1C(=O)c1cc2ccc(Cl)cn2n1. The van der Waals surface area contributed by atoms with E-state index in [1.54, 1.807) is 33.9 Å². The zero-order chi connectivity index (χ0) is 20.8. The van der Waals surface area contributed by atoms with Gasteiger partial charge in [-0.05, 0) is 59.5 Å². The molecule has 0 unspecified atom stereocenters. The van der Waals surface area contributed by atoms with Crippen LogP contribution in [0.5, 0.6) is 0 Å². The predicted octanol–water partition coefficient (Wildman–Crippen LogP) is 4.24. The summed E-state index contributed by atoms with van der Waals surface area (Å²) >= 11 is 6.01. The Morgan fingerprint density at radius 3 is 2.77 bits per heavy atom. The summed E-state index contributed by atoms with van der Waals surface area (Å²) in [6.07, 6.45) is 3.82. The quantitative estimate of drug-likeness (QED) is 0.454. The second-order valence-electron chi connectivity index (χ2n) is 7.16. The van der Waals surface area contributed by atoms with Crippen molar-refractivity contribution in [3.8, 4) is 11.1 Å². The van der Waals surface area contributed by atoms with Gasteiger partial charge in [0.15, 0.2) is 5.69 Å². The van der Waals surface area contributed by atoms with Crippen molar-refractivity contribution in [2.24, 2.45) is 0 Å².